The molecular weight excluding hydrogens is 266 g/mol. The van der Waals surface area contributed by atoms with Gasteiger partial charge < -0.3 is 5.32 Å². The van der Waals surface area contributed by atoms with Gasteiger partial charge in [-0.25, -0.2) is 9.97 Å². The molecule has 0 spiro atoms. The number of nitrogens with one attached hydrogen (secondary N) is 1. The second-order valence-corrected chi connectivity index (χ2v) is 5.91. The monoisotopic (exact) mass is 283 g/mol. The average molecular weight is 283 g/mol. The van der Waals surface area contributed by atoms with Crippen molar-refractivity contribution in [3.63, 3.8) is 0 Å². The van der Waals surface area contributed by atoms with E-state index in [1.54, 1.807) is 11.3 Å². The average Bonchev–Trinajstić information content (AvgIpc) is 2.97. The lowest BCUT2D eigenvalue weighted by atomic mass is 10.1. The molecule has 3 rings (SSSR count). The lowest BCUT2D eigenvalue weighted by Crippen LogP contribution is -2.07. The van der Waals surface area contributed by atoms with E-state index in [2.05, 4.69) is 41.3 Å². The molecule has 1 atom stereocenters. The summed E-state index contributed by atoms with van der Waals surface area (Å²) < 4.78 is 0. The summed E-state index contributed by atoms with van der Waals surface area (Å²) in [5, 5.41) is 6.93. The number of benzene rings is 1. The molecule has 0 aliphatic heterocycles. The van der Waals surface area contributed by atoms with Gasteiger partial charge in [-0.05, 0) is 24.8 Å². The molecule has 0 aliphatic rings. The zero-order valence-corrected chi connectivity index (χ0v) is 12.4. The molecule has 20 heavy (non-hydrogen) atoms. The second-order valence-electron chi connectivity index (χ2n) is 4.77. The van der Waals surface area contributed by atoms with Crippen molar-refractivity contribution in [1.29, 1.82) is 0 Å². The number of thiazole rings is 1. The van der Waals surface area contributed by atoms with E-state index in [4.69, 9.17) is 0 Å². The van der Waals surface area contributed by atoms with Gasteiger partial charge in [0.2, 0.25) is 0 Å². The van der Waals surface area contributed by atoms with Crippen molar-refractivity contribution >= 4 is 27.9 Å². The maximum atomic E-state index is 4.49. The summed E-state index contributed by atoms with van der Waals surface area (Å²) in [5.41, 5.74) is 0. The van der Waals surface area contributed by atoms with Crippen LogP contribution in [0, 0.1) is 0 Å². The molecule has 2 aromatic heterocycles. The number of fused-ring (bicyclic) bond motifs is 1. The molecule has 2 heterocycles. The lowest BCUT2D eigenvalue weighted by Gasteiger charge is -2.13. The highest BCUT2D eigenvalue weighted by Crippen LogP contribution is 2.27. The van der Waals surface area contributed by atoms with Crippen LogP contribution < -0.4 is 5.32 Å². The van der Waals surface area contributed by atoms with Gasteiger partial charge in [-0.1, -0.05) is 31.2 Å². The molecule has 1 aromatic carbocycles. The van der Waals surface area contributed by atoms with Crippen molar-refractivity contribution in [2.75, 3.05) is 5.32 Å². The molecule has 3 nitrogen and oxygen atoms in total. The van der Waals surface area contributed by atoms with Gasteiger partial charge in [0.05, 0.1) is 6.04 Å². The lowest BCUT2D eigenvalue weighted by molar-refractivity contribution is 0.863. The largest absolute Gasteiger partial charge is 0.361 e. The molecule has 4 heteroatoms. The summed E-state index contributed by atoms with van der Waals surface area (Å²) in [6.07, 6.45) is 4.85. The Morgan fingerprint density at radius 1 is 1.20 bits per heavy atom. The third kappa shape index (κ3) is 2.51. The standard InChI is InChI=1S/C16H17N3S/c1-3-13-10-18-16(20-13)11(2)19-15-14-7-5-4-6-12(14)8-9-17-15/h4-11H,3H2,1-2H3,(H,17,19). The van der Waals surface area contributed by atoms with Gasteiger partial charge in [-0.2, -0.15) is 0 Å². The highest BCUT2D eigenvalue weighted by atomic mass is 32.1. The number of rotatable bonds is 4. The first kappa shape index (κ1) is 13.1. The molecule has 0 fully saturated rings. The minimum Gasteiger partial charge on any atom is -0.361 e. The van der Waals surface area contributed by atoms with Crippen LogP contribution in [-0.2, 0) is 6.42 Å². The van der Waals surface area contributed by atoms with Crippen molar-refractivity contribution in [1.82, 2.24) is 9.97 Å². The fraction of sp³-hybridized carbons (Fsp3) is 0.250. The molecule has 1 unspecified atom stereocenters. The Kier molecular flexibility index (Phi) is 3.65. The minimum absolute atomic E-state index is 0.165. The predicted octanol–water partition coefficient (Wildman–Crippen LogP) is 4.43. The number of nitrogens with zero attached hydrogens (tertiary/aromatic N) is 2. The zero-order valence-electron chi connectivity index (χ0n) is 11.6. The minimum atomic E-state index is 0.165. The molecular formula is C16H17N3S. The third-order valence-corrected chi connectivity index (χ3v) is 4.64. The van der Waals surface area contributed by atoms with Crippen molar-refractivity contribution < 1.29 is 0 Å². The van der Waals surface area contributed by atoms with E-state index in [9.17, 15) is 0 Å². The molecule has 0 aliphatic carbocycles. The molecule has 0 saturated heterocycles. The molecule has 0 radical (unpaired) electrons. The van der Waals surface area contributed by atoms with Gasteiger partial charge in [0.25, 0.3) is 0 Å². The molecule has 0 saturated carbocycles. The summed E-state index contributed by atoms with van der Waals surface area (Å²) in [6.45, 7) is 4.28. The first-order valence-electron chi connectivity index (χ1n) is 6.83. The summed E-state index contributed by atoms with van der Waals surface area (Å²) >= 11 is 1.76. The van der Waals surface area contributed by atoms with Crippen molar-refractivity contribution in [3.05, 3.63) is 52.6 Å². The van der Waals surface area contributed by atoms with Gasteiger partial charge in [0, 0.05) is 22.7 Å². The number of hydrogen-bond donors (Lipinski definition) is 1. The van der Waals surface area contributed by atoms with Crippen molar-refractivity contribution in [2.45, 2.75) is 26.3 Å². The zero-order chi connectivity index (χ0) is 13.9. The summed E-state index contributed by atoms with van der Waals surface area (Å²) in [7, 11) is 0. The number of aryl methyl sites for hydroxylation is 1. The Labute approximate surface area is 122 Å². The summed E-state index contributed by atoms with van der Waals surface area (Å²) in [5.74, 6) is 0.920. The van der Waals surface area contributed by atoms with E-state index in [-0.39, 0.29) is 6.04 Å². The van der Waals surface area contributed by atoms with Crippen molar-refractivity contribution in [2.24, 2.45) is 0 Å². The van der Waals surface area contributed by atoms with Crippen LogP contribution in [0.4, 0.5) is 5.82 Å². The maximum absolute atomic E-state index is 4.49. The summed E-state index contributed by atoms with van der Waals surface area (Å²) in [6, 6.07) is 10.5. The van der Waals surface area contributed by atoms with Gasteiger partial charge in [0.15, 0.2) is 0 Å². The van der Waals surface area contributed by atoms with Crippen LogP contribution in [0.15, 0.2) is 42.7 Å². The Balaban J connectivity index is 1.89. The van der Waals surface area contributed by atoms with Crippen LogP contribution >= 0.6 is 11.3 Å². The fourth-order valence-electron chi connectivity index (χ4n) is 2.19. The maximum Gasteiger partial charge on any atom is 0.134 e. The van der Waals surface area contributed by atoms with Crippen LogP contribution in [0.2, 0.25) is 0 Å². The molecule has 0 amide bonds. The molecule has 1 N–H and O–H groups in total. The van der Waals surface area contributed by atoms with E-state index in [0.29, 0.717) is 0 Å². The van der Waals surface area contributed by atoms with Crippen LogP contribution in [0.3, 0.4) is 0 Å². The number of aromatic nitrogens is 2. The predicted molar refractivity (Wildman–Crippen MR) is 85.3 cm³/mol. The van der Waals surface area contributed by atoms with E-state index in [1.807, 2.05) is 30.6 Å². The topological polar surface area (TPSA) is 37.8 Å². The van der Waals surface area contributed by atoms with Crippen LogP contribution in [0.5, 0.6) is 0 Å². The van der Waals surface area contributed by atoms with Gasteiger partial charge in [0.1, 0.15) is 10.8 Å². The fourth-order valence-corrected chi connectivity index (χ4v) is 3.05. The van der Waals surface area contributed by atoms with E-state index < -0.39 is 0 Å². The van der Waals surface area contributed by atoms with Crippen LogP contribution in [0.1, 0.15) is 29.8 Å². The first-order valence-corrected chi connectivity index (χ1v) is 7.64. The Bertz CT molecular complexity index is 715. The summed E-state index contributed by atoms with van der Waals surface area (Å²) in [4.78, 5) is 10.3. The molecule has 0 bridgehead atoms. The number of pyridine rings is 1. The Hall–Kier alpha value is -1.94. The number of anilines is 1. The van der Waals surface area contributed by atoms with Crippen LogP contribution in [0.25, 0.3) is 10.8 Å². The highest BCUT2D eigenvalue weighted by Gasteiger charge is 2.12. The molecule has 3 aromatic rings. The SMILES string of the molecule is CCc1cnc(C(C)Nc2nccc3ccccc23)s1. The van der Waals surface area contributed by atoms with Gasteiger partial charge >= 0.3 is 0 Å². The second kappa shape index (κ2) is 5.59. The van der Waals surface area contributed by atoms with E-state index in [0.717, 1.165) is 22.6 Å². The van der Waals surface area contributed by atoms with Gasteiger partial charge in [-0.15, -0.1) is 11.3 Å². The van der Waals surface area contributed by atoms with E-state index >= 15 is 0 Å². The highest BCUT2D eigenvalue weighted by molar-refractivity contribution is 7.11. The normalized spacial score (nSPS) is 12.5. The number of hydrogen-bond acceptors (Lipinski definition) is 4. The smallest absolute Gasteiger partial charge is 0.134 e. The van der Waals surface area contributed by atoms with Crippen molar-refractivity contribution in [3.8, 4) is 0 Å². The molecule has 102 valence electrons. The quantitative estimate of drug-likeness (QED) is 0.770. The van der Waals surface area contributed by atoms with E-state index in [1.165, 1.54) is 10.3 Å². The van der Waals surface area contributed by atoms with Crippen LogP contribution in [-0.4, -0.2) is 9.97 Å². The Morgan fingerprint density at radius 3 is 2.85 bits per heavy atom. The third-order valence-electron chi connectivity index (χ3n) is 3.32. The van der Waals surface area contributed by atoms with Gasteiger partial charge in [-0.3, -0.25) is 0 Å². The Morgan fingerprint density at radius 2 is 2.05 bits per heavy atom. The first-order chi connectivity index (χ1) is 9.78.